The summed E-state index contributed by atoms with van der Waals surface area (Å²) in [5, 5.41) is 0. The topological polar surface area (TPSA) is 22.4 Å². The van der Waals surface area contributed by atoms with Gasteiger partial charge < -0.3 is 9.15 Å². The first-order valence-corrected chi connectivity index (χ1v) is 3.87. The molecular formula is C7H7IO2. The predicted molar refractivity (Wildman–Crippen MR) is 46.4 cm³/mol. The maximum absolute atomic E-state index is 5.20. The first kappa shape index (κ1) is 7.65. The van der Waals surface area contributed by atoms with E-state index in [-0.39, 0.29) is 0 Å². The molecule has 0 aromatic carbocycles. The summed E-state index contributed by atoms with van der Waals surface area (Å²) in [6.45, 7) is 3.88. The summed E-state index contributed by atoms with van der Waals surface area (Å²) in [5.41, 5.74) is 0. The van der Waals surface area contributed by atoms with Gasteiger partial charge in [-0.25, -0.2) is 0 Å². The summed E-state index contributed by atoms with van der Waals surface area (Å²) >= 11 is 2.10. The van der Waals surface area contributed by atoms with Gasteiger partial charge in [-0.1, -0.05) is 6.58 Å². The lowest BCUT2D eigenvalue weighted by atomic mass is 10.5. The fourth-order valence-corrected chi connectivity index (χ4v) is 1.03. The van der Waals surface area contributed by atoms with Crippen LogP contribution in [0.5, 0.6) is 0 Å². The molecule has 0 unspecified atom stereocenters. The number of hydrogen-bond acceptors (Lipinski definition) is 2. The van der Waals surface area contributed by atoms with Crippen molar-refractivity contribution >= 4 is 22.6 Å². The van der Waals surface area contributed by atoms with E-state index in [1.54, 1.807) is 0 Å². The molecule has 0 amide bonds. The fraction of sp³-hybridized carbons (Fsp3) is 0.143. The summed E-state index contributed by atoms with van der Waals surface area (Å²) in [6.07, 6.45) is 1.40. The maximum Gasteiger partial charge on any atom is 0.164 e. The van der Waals surface area contributed by atoms with E-state index < -0.39 is 0 Å². The zero-order chi connectivity index (χ0) is 7.40. The maximum atomic E-state index is 5.20. The van der Waals surface area contributed by atoms with E-state index in [0.717, 1.165) is 9.53 Å². The molecule has 1 aromatic heterocycles. The molecule has 0 aliphatic rings. The van der Waals surface area contributed by atoms with E-state index in [0.29, 0.717) is 6.61 Å². The van der Waals surface area contributed by atoms with Crippen LogP contribution in [0.1, 0.15) is 5.76 Å². The van der Waals surface area contributed by atoms with Crippen molar-refractivity contribution in [2.24, 2.45) is 0 Å². The van der Waals surface area contributed by atoms with E-state index in [4.69, 9.17) is 9.15 Å². The van der Waals surface area contributed by atoms with Crippen LogP contribution < -0.4 is 0 Å². The molecule has 1 aromatic rings. The van der Waals surface area contributed by atoms with Crippen LogP contribution in [0.4, 0.5) is 0 Å². The Hall–Kier alpha value is -0.450. The van der Waals surface area contributed by atoms with Gasteiger partial charge in [0.2, 0.25) is 0 Å². The van der Waals surface area contributed by atoms with Crippen LogP contribution in [-0.2, 0) is 11.3 Å². The third-order valence-electron chi connectivity index (χ3n) is 0.972. The zero-order valence-electron chi connectivity index (χ0n) is 5.34. The molecule has 1 rings (SSSR count). The molecule has 10 heavy (non-hydrogen) atoms. The standard InChI is InChI=1S/C7H7IO2/c1-2-9-5-6-3-4-7(8)10-6/h2-4H,1,5H2. The van der Waals surface area contributed by atoms with Crippen molar-refractivity contribution in [2.45, 2.75) is 6.61 Å². The van der Waals surface area contributed by atoms with E-state index in [2.05, 4.69) is 29.2 Å². The van der Waals surface area contributed by atoms with E-state index in [9.17, 15) is 0 Å². The van der Waals surface area contributed by atoms with Gasteiger partial charge in [0.15, 0.2) is 3.77 Å². The second kappa shape index (κ2) is 3.65. The first-order chi connectivity index (χ1) is 4.83. The van der Waals surface area contributed by atoms with Crippen molar-refractivity contribution in [2.75, 3.05) is 0 Å². The number of ether oxygens (including phenoxy) is 1. The molecule has 0 spiro atoms. The van der Waals surface area contributed by atoms with Crippen LogP contribution in [0.15, 0.2) is 29.4 Å². The van der Waals surface area contributed by atoms with Gasteiger partial charge in [-0.15, -0.1) is 0 Å². The molecular weight excluding hydrogens is 243 g/mol. The molecule has 0 N–H and O–H groups in total. The highest BCUT2D eigenvalue weighted by molar-refractivity contribution is 14.1. The Morgan fingerprint density at radius 1 is 1.70 bits per heavy atom. The van der Waals surface area contributed by atoms with Crippen LogP contribution >= 0.6 is 22.6 Å². The molecule has 0 atom stereocenters. The Morgan fingerprint density at radius 2 is 2.50 bits per heavy atom. The number of halogens is 1. The minimum absolute atomic E-state index is 0.465. The molecule has 0 fully saturated rings. The van der Waals surface area contributed by atoms with Crippen molar-refractivity contribution in [1.82, 2.24) is 0 Å². The quantitative estimate of drug-likeness (QED) is 0.607. The van der Waals surface area contributed by atoms with Crippen molar-refractivity contribution in [1.29, 1.82) is 0 Å². The molecule has 0 saturated carbocycles. The average molecular weight is 250 g/mol. The third kappa shape index (κ3) is 2.06. The summed E-state index contributed by atoms with van der Waals surface area (Å²) in [7, 11) is 0. The van der Waals surface area contributed by atoms with Crippen LogP contribution in [0.25, 0.3) is 0 Å². The second-order valence-corrected chi connectivity index (χ2v) is 2.75. The normalized spacial score (nSPS) is 9.30. The minimum atomic E-state index is 0.465. The van der Waals surface area contributed by atoms with Crippen molar-refractivity contribution in [3.63, 3.8) is 0 Å². The van der Waals surface area contributed by atoms with E-state index in [1.807, 2.05) is 12.1 Å². The van der Waals surface area contributed by atoms with Crippen LogP contribution in [0, 0.1) is 3.77 Å². The average Bonchev–Trinajstić information content (AvgIpc) is 2.31. The van der Waals surface area contributed by atoms with Crippen LogP contribution in [0.3, 0.4) is 0 Å². The molecule has 54 valence electrons. The fourth-order valence-electron chi connectivity index (χ4n) is 0.570. The minimum Gasteiger partial charge on any atom is -0.494 e. The molecule has 2 nitrogen and oxygen atoms in total. The van der Waals surface area contributed by atoms with Gasteiger partial charge in [-0.3, -0.25) is 0 Å². The van der Waals surface area contributed by atoms with E-state index >= 15 is 0 Å². The number of hydrogen-bond donors (Lipinski definition) is 0. The van der Waals surface area contributed by atoms with Gasteiger partial charge in [0.05, 0.1) is 6.26 Å². The third-order valence-corrected chi connectivity index (χ3v) is 1.55. The summed E-state index contributed by atoms with van der Waals surface area (Å²) in [6, 6.07) is 3.77. The highest BCUT2D eigenvalue weighted by atomic mass is 127. The number of furan rings is 1. The Kier molecular flexibility index (Phi) is 2.80. The smallest absolute Gasteiger partial charge is 0.164 e. The highest BCUT2D eigenvalue weighted by Crippen LogP contribution is 2.10. The Morgan fingerprint density at radius 3 is 3.00 bits per heavy atom. The van der Waals surface area contributed by atoms with Crippen molar-refractivity contribution in [3.8, 4) is 0 Å². The van der Waals surface area contributed by atoms with Gasteiger partial charge in [0.25, 0.3) is 0 Å². The SMILES string of the molecule is C=COCc1ccc(I)o1. The largest absolute Gasteiger partial charge is 0.494 e. The van der Waals surface area contributed by atoms with Crippen LogP contribution in [-0.4, -0.2) is 0 Å². The molecule has 0 aliphatic carbocycles. The lowest BCUT2D eigenvalue weighted by Crippen LogP contribution is -1.80. The molecule has 1 heterocycles. The lowest BCUT2D eigenvalue weighted by molar-refractivity contribution is 0.209. The molecule has 0 aliphatic heterocycles. The summed E-state index contributed by atoms with van der Waals surface area (Å²) < 4.78 is 11.0. The molecule has 0 bridgehead atoms. The van der Waals surface area contributed by atoms with Crippen molar-refractivity contribution < 1.29 is 9.15 Å². The Labute approximate surface area is 73.0 Å². The van der Waals surface area contributed by atoms with Crippen molar-refractivity contribution in [3.05, 3.63) is 34.5 Å². The first-order valence-electron chi connectivity index (χ1n) is 2.79. The van der Waals surface area contributed by atoms with Gasteiger partial charge in [-0.05, 0) is 34.7 Å². The van der Waals surface area contributed by atoms with Crippen LogP contribution in [0.2, 0.25) is 0 Å². The van der Waals surface area contributed by atoms with E-state index in [1.165, 1.54) is 6.26 Å². The predicted octanol–water partition coefficient (Wildman–Crippen LogP) is 2.54. The Balaban J connectivity index is 2.49. The highest BCUT2D eigenvalue weighted by Gasteiger charge is 1.96. The summed E-state index contributed by atoms with van der Waals surface area (Å²) in [4.78, 5) is 0. The molecule has 3 heteroatoms. The van der Waals surface area contributed by atoms with Gasteiger partial charge in [0.1, 0.15) is 12.4 Å². The monoisotopic (exact) mass is 250 g/mol. The lowest BCUT2D eigenvalue weighted by Gasteiger charge is -1.93. The second-order valence-electron chi connectivity index (χ2n) is 1.68. The number of rotatable bonds is 3. The zero-order valence-corrected chi connectivity index (χ0v) is 7.50. The molecule has 0 saturated heterocycles. The summed E-state index contributed by atoms with van der Waals surface area (Å²) in [5.74, 6) is 0.823. The Bertz CT molecular complexity index is 217. The molecule has 0 radical (unpaired) electrons. The van der Waals surface area contributed by atoms with Gasteiger partial charge in [-0.2, -0.15) is 0 Å². The van der Waals surface area contributed by atoms with Gasteiger partial charge >= 0.3 is 0 Å². The van der Waals surface area contributed by atoms with Gasteiger partial charge in [0, 0.05) is 0 Å².